The van der Waals surface area contributed by atoms with Crippen LogP contribution in [-0.2, 0) is 22.0 Å². The van der Waals surface area contributed by atoms with Gasteiger partial charge in [0.25, 0.3) is 0 Å². The maximum atomic E-state index is 11.3. The Morgan fingerprint density at radius 3 is 2.29 bits per heavy atom. The fourth-order valence-electron chi connectivity index (χ4n) is 2.17. The second-order valence-electron chi connectivity index (χ2n) is 6.97. The third-order valence-corrected chi connectivity index (χ3v) is 4.78. The molecule has 0 spiro atoms. The summed E-state index contributed by atoms with van der Waals surface area (Å²) in [6.45, 7) is 8.60. The number of nitrogens with zero attached hydrogens (tertiary/aromatic N) is 3. The average Bonchev–Trinajstić information content (AvgIpc) is 2.94. The Morgan fingerprint density at radius 2 is 1.83 bits per heavy atom. The van der Waals surface area contributed by atoms with E-state index in [1.54, 1.807) is 12.1 Å². The molecule has 1 aromatic heterocycles. The second kappa shape index (κ2) is 6.62. The zero-order chi connectivity index (χ0) is 18.1. The first-order valence-electron chi connectivity index (χ1n) is 7.64. The van der Waals surface area contributed by atoms with Crippen molar-refractivity contribution in [1.82, 2.24) is 15.0 Å². The SMILES string of the molecule is C[C@H](c1ccc(S(N)(=O)=O)cc1)N(C)Cc1noc(C(C)(C)C)n1. The lowest BCUT2D eigenvalue weighted by molar-refractivity contribution is 0.241. The highest BCUT2D eigenvalue weighted by Crippen LogP contribution is 2.23. The molecule has 0 saturated heterocycles. The molecule has 0 saturated carbocycles. The van der Waals surface area contributed by atoms with Crippen LogP contribution in [0.4, 0.5) is 0 Å². The molecule has 132 valence electrons. The van der Waals surface area contributed by atoms with Crippen molar-refractivity contribution in [2.24, 2.45) is 5.14 Å². The molecule has 0 unspecified atom stereocenters. The molecule has 2 N–H and O–H groups in total. The predicted molar refractivity (Wildman–Crippen MR) is 90.7 cm³/mol. The van der Waals surface area contributed by atoms with Gasteiger partial charge in [0.05, 0.1) is 11.4 Å². The Labute approximate surface area is 142 Å². The molecular weight excluding hydrogens is 328 g/mol. The third kappa shape index (κ3) is 4.40. The Morgan fingerprint density at radius 1 is 1.25 bits per heavy atom. The zero-order valence-electron chi connectivity index (χ0n) is 14.6. The summed E-state index contributed by atoms with van der Waals surface area (Å²) in [6.07, 6.45) is 0. The summed E-state index contributed by atoms with van der Waals surface area (Å²) in [4.78, 5) is 6.59. The van der Waals surface area contributed by atoms with E-state index in [1.165, 1.54) is 12.1 Å². The summed E-state index contributed by atoms with van der Waals surface area (Å²) in [5.41, 5.74) is 0.795. The van der Waals surface area contributed by atoms with Crippen LogP contribution in [0.5, 0.6) is 0 Å². The molecule has 2 rings (SSSR count). The van der Waals surface area contributed by atoms with Gasteiger partial charge in [-0.3, -0.25) is 4.90 Å². The number of sulfonamides is 1. The summed E-state index contributed by atoms with van der Waals surface area (Å²) in [7, 11) is -1.72. The molecule has 0 bridgehead atoms. The number of hydrogen-bond donors (Lipinski definition) is 1. The number of aromatic nitrogens is 2. The van der Waals surface area contributed by atoms with E-state index in [1.807, 2.05) is 34.7 Å². The highest BCUT2D eigenvalue weighted by Gasteiger charge is 2.23. The van der Waals surface area contributed by atoms with Crippen molar-refractivity contribution in [1.29, 1.82) is 0 Å². The minimum Gasteiger partial charge on any atom is -0.339 e. The lowest BCUT2D eigenvalue weighted by Gasteiger charge is -2.23. The highest BCUT2D eigenvalue weighted by molar-refractivity contribution is 7.89. The molecule has 2 aromatic rings. The van der Waals surface area contributed by atoms with Crippen molar-refractivity contribution in [2.75, 3.05) is 7.05 Å². The van der Waals surface area contributed by atoms with E-state index >= 15 is 0 Å². The Bertz CT molecular complexity index is 791. The van der Waals surface area contributed by atoms with Crippen molar-refractivity contribution in [3.63, 3.8) is 0 Å². The van der Waals surface area contributed by atoms with Crippen LogP contribution >= 0.6 is 0 Å². The van der Waals surface area contributed by atoms with Crippen LogP contribution in [0.25, 0.3) is 0 Å². The lowest BCUT2D eigenvalue weighted by Crippen LogP contribution is -2.23. The molecule has 8 heteroatoms. The first-order valence-corrected chi connectivity index (χ1v) is 9.19. The van der Waals surface area contributed by atoms with Gasteiger partial charge in [-0.1, -0.05) is 38.1 Å². The van der Waals surface area contributed by atoms with Gasteiger partial charge in [-0.2, -0.15) is 4.98 Å². The van der Waals surface area contributed by atoms with Gasteiger partial charge in [0.2, 0.25) is 15.9 Å². The molecule has 0 radical (unpaired) electrons. The fourth-order valence-corrected chi connectivity index (χ4v) is 2.69. The first kappa shape index (κ1) is 18.6. The molecule has 7 nitrogen and oxygen atoms in total. The molecule has 0 aliphatic carbocycles. The van der Waals surface area contributed by atoms with Gasteiger partial charge in [-0.05, 0) is 31.7 Å². The van der Waals surface area contributed by atoms with Crippen LogP contribution in [-0.4, -0.2) is 30.5 Å². The fraction of sp³-hybridized carbons (Fsp3) is 0.500. The summed E-state index contributed by atoms with van der Waals surface area (Å²) < 4.78 is 27.9. The van der Waals surface area contributed by atoms with Crippen LogP contribution in [0, 0.1) is 0 Å². The lowest BCUT2D eigenvalue weighted by atomic mass is 9.97. The van der Waals surface area contributed by atoms with E-state index in [0.717, 1.165) is 5.56 Å². The molecular formula is C16H24N4O3S. The molecule has 1 aromatic carbocycles. The zero-order valence-corrected chi connectivity index (χ0v) is 15.5. The van der Waals surface area contributed by atoms with Gasteiger partial charge in [-0.15, -0.1) is 0 Å². The molecule has 0 amide bonds. The van der Waals surface area contributed by atoms with Crippen LogP contribution < -0.4 is 5.14 Å². The van der Waals surface area contributed by atoms with Gasteiger partial charge in [-0.25, -0.2) is 13.6 Å². The van der Waals surface area contributed by atoms with Gasteiger partial charge < -0.3 is 4.52 Å². The topological polar surface area (TPSA) is 102 Å². The molecule has 0 fully saturated rings. The van der Waals surface area contributed by atoms with Gasteiger partial charge in [0.15, 0.2) is 5.82 Å². The molecule has 24 heavy (non-hydrogen) atoms. The summed E-state index contributed by atoms with van der Waals surface area (Å²) in [5.74, 6) is 1.23. The number of hydrogen-bond acceptors (Lipinski definition) is 6. The van der Waals surface area contributed by atoms with E-state index in [4.69, 9.17) is 9.66 Å². The van der Waals surface area contributed by atoms with Crippen LogP contribution in [0.1, 0.15) is 51.0 Å². The minimum absolute atomic E-state index is 0.0520. The van der Waals surface area contributed by atoms with Gasteiger partial charge >= 0.3 is 0 Å². The normalized spacial score (nSPS) is 14.1. The predicted octanol–water partition coefficient (Wildman–Crippen LogP) is 2.21. The Kier molecular flexibility index (Phi) is 5.12. The van der Waals surface area contributed by atoms with Crippen LogP contribution in [0.2, 0.25) is 0 Å². The number of benzene rings is 1. The molecule has 0 aliphatic rings. The number of nitrogens with two attached hydrogens (primary N) is 1. The third-order valence-electron chi connectivity index (χ3n) is 3.85. The van der Waals surface area contributed by atoms with Crippen molar-refractivity contribution < 1.29 is 12.9 Å². The molecule has 1 atom stereocenters. The number of primary sulfonamides is 1. The monoisotopic (exact) mass is 352 g/mol. The maximum absolute atomic E-state index is 11.3. The van der Waals surface area contributed by atoms with Crippen LogP contribution in [0.15, 0.2) is 33.7 Å². The minimum atomic E-state index is -3.67. The van der Waals surface area contributed by atoms with E-state index in [-0.39, 0.29) is 16.4 Å². The second-order valence-corrected chi connectivity index (χ2v) is 8.53. The number of rotatable bonds is 5. The smallest absolute Gasteiger partial charge is 0.238 e. The van der Waals surface area contributed by atoms with Crippen molar-refractivity contribution in [2.45, 2.75) is 50.6 Å². The summed E-state index contributed by atoms with van der Waals surface area (Å²) in [5, 5.41) is 9.14. The Balaban J connectivity index is 2.09. The van der Waals surface area contributed by atoms with Gasteiger partial charge in [0, 0.05) is 11.5 Å². The largest absolute Gasteiger partial charge is 0.339 e. The highest BCUT2D eigenvalue weighted by atomic mass is 32.2. The Hall–Kier alpha value is -1.77. The van der Waals surface area contributed by atoms with Gasteiger partial charge in [0.1, 0.15) is 0 Å². The molecule has 0 aliphatic heterocycles. The van der Waals surface area contributed by atoms with E-state index < -0.39 is 10.0 Å². The average molecular weight is 352 g/mol. The van der Waals surface area contributed by atoms with Crippen LogP contribution in [0.3, 0.4) is 0 Å². The standard InChI is InChI=1S/C16H24N4O3S/c1-11(12-6-8-13(9-7-12)24(17,21)22)20(5)10-14-18-15(23-19-14)16(2,3)4/h6-9,11H,10H2,1-5H3,(H2,17,21,22)/t11-/m1/s1. The van der Waals surface area contributed by atoms with E-state index in [2.05, 4.69) is 15.0 Å². The summed E-state index contributed by atoms with van der Waals surface area (Å²) >= 11 is 0. The summed E-state index contributed by atoms with van der Waals surface area (Å²) in [6, 6.07) is 6.61. The van der Waals surface area contributed by atoms with Crippen molar-refractivity contribution in [3.8, 4) is 0 Å². The first-order chi connectivity index (χ1) is 11.0. The van der Waals surface area contributed by atoms with Crippen molar-refractivity contribution in [3.05, 3.63) is 41.5 Å². The van der Waals surface area contributed by atoms with E-state index in [9.17, 15) is 8.42 Å². The van der Waals surface area contributed by atoms with Crippen molar-refractivity contribution >= 4 is 10.0 Å². The maximum Gasteiger partial charge on any atom is 0.238 e. The van der Waals surface area contributed by atoms with E-state index in [0.29, 0.717) is 18.3 Å². The quantitative estimate of drug-likeness (QED) is 0.885. The molecule has 1 heterocycles.